The van der Waals surface area contributed by atoms with E-state index in [0.717, 1.165) is 19.3 Å². The second kappa shape index (κ2) is 4.97. The quantitative estimate of drug-likeness (QED) is 0.719. The van der Waals surface area contributed by atoms with Gasteiger partial charge >= 0.3 is 0 Å². The maximum Gasteiger partial charge on any atom is 0.240 e. The summed E-state index contributed by atoms with van der Waals surface area (Å²) in [6.45, 7) is 3.56. The highest BCUT2D eigenvalue weighted by Gasteiger charge is 2.32. The van der Waals surface area contributed by atoms with Crippen LogP contribution in [0.5, 0.6) is 0 Å². The molecular weight excluding hydrogens is 188 g/mol. The molecular formula is C12H18N2O. The van der Waals surface area contributed by atoms with Gasteiger partial charge in [0.2, 0.25) is 5.91 Å². The fourth-order valence-corrected chi connectivity index (χ4v) is 1.56. The second-order valence-corrected chi connectivity index (χ2v) is 4.25. The van der Waals surface area contributed by atoms with Crippen molar-refractivity contribution in [1.29, 1.82) is 5.26 Å². The lowest BCUT2D eigenvalue weighted by Crippen LogP contribution is -2.43. The Hall–Kier alpha value is -1.30. The third-order valence-corrected chi connectivity index (χ3v) is 3.06. The summed E-state index contributed by atoms with van der Waals surface area (Å²) < 4.78 is 0. The summed E-state index contributed by atoms with van der Waals surface area (Å²) in [4.78, 5) is 11.8. The Morgan fingerprint density at radius 2 is 2.40 bits per heavy atom. The van der Waals surface area contributed by atoms with Crippen LogP contribution in [0.2, 0.25) is 0 Å². The van der Waals surface area contributed by atoms with E-state index in [2.05, 4.69) is 23.5 Å². The van der Waals surface area contributed by atoms with Gasteiger partial charge in [0.05, 0.1) is 6.07 Å². The molecule has 0 saturated heterocycles. The summed E-state index contributed by atoms with van der Waals surface area (Å²) in [6.07, 6.45) is 7.65. The van der Waals surface area contributed by atoms with Gasteiger partial charge < -0.3 is 5.32 Å². The second-order valence-electron chi connectivity index (χ2n) is 4.25. The van der Waals surface area contributed by atoms with Crippen LogP contribution in [0.25, 0.3) is 0 Å². The molecule has 0 aliphatic heterocycles. The molecule has 1 N–H and O–H groups in total. The molecule has 1 aliphatic carbocycles. The first-order valence-corrected chi connectivity index (χ1v) is 5.49. The predicted molar refractivity (Wildman–Crippen MR) is 58.9 cm³/mol. The SMILES string of the molecule is CCC(C)(C#N)C(=O)NC1CC=CCC1. The van der Waals surface area contributed by atoms with Crippen LogP contribution in [0.3, 0.4) is 0 Å². The molecule has 0 aromatic rings. The molecule has 0 spiro atoms. The number of nitrogens with zero attached hydrogens (tertiary/aromatic N) is 1. The van der Waals surface area contributed by atoms with Gasteiger partial charge in [0.25, 0.3) is 0 Å². The van der Waals surface area contributed by atoms with Crippen LogP contribution >= 0.6 is 0 Å². The van der Waals surface area contributed by atoms with Crippen LogP contribution in [0, 0.1) is 16.7 Å². The first-order chi connectivity index (χ1) is 7.12. The van der Waals surface area contributed by atoms with Crippen molar-refractivity contribution in [3.05, 3.63) is 12.2 Å². The standard InChI is InChI=1S/C12H18N2O/c1-3-12(2,9-13)11(15)14-10-7-5-4-6-8-10/h4-5,10H,3,6-8H2,1-2H3,(H,14,15). The number of nitrogens with one attached hydrogen (secondary N) is 1. The van der Waals surface area contributed by atoms with Crippen molar-refractivity contribution in [3.63, 3.8) is 0 Å². The Labute approximate surface area is 91.2 Å². The van der Waals surface area contributed by atoms with E-state index in [1.54, 1.807) is 6.92 Å². The highest BCUT2D eigenvalue weighted by molar-refractivity contribution is 5.85. The zero-order valence-electron chi connectivity index (χ0n) is 9.42. The number of hydrogen-bond acceptors (Lipinski definition) is 2. The molecule has 15 heavy (non-hydrogen) atoms. The average Bonchev–Trinajstić information content (AvgIpc) is 2.29. The zero-order chi connectivity index (χ0) is 11.3. The first kappa shape index (κ1) is 11.8. The molecule has 0 saturated carbocycles. The zero-order valence-corrected chi connectivity index (χ0v) is 9.42. The van der Waals surface area contributed by atoms with Crippen molar-refractivity contribution in [3.8, 4) is 6.07 Å². The van der Waals surface area contributed by atoms with E-state index in [1.165, 1.54) is 0 Å². The van der Waals surface area contributed by atoms with Crippen molar-refractivity contribution in [2.24, 2.45) is 5.41 Å². The largest absolute Gasteiger partial charge is 0.352 e. The number of carbonyl (C=O) groups is 1. The molecule has 82 valence electrons. The third-order valence-electron chi connectivity index (χ3n) is 3.06. The lowest BCUT2D eigenvalue weighted by molar-refractivity contribution is -0.128. The number of carbonyl (C=O) groups excluding carboxylic acids is 1. The molecule has 1 rings (SSSR count). The normalized spacial score (nSPS) is 23.9. The third kappa shape index (κ3) is 2.82. The molecule has 0 heterocycles. The molecule has 0 bridgehead atoms. The maximum atomic E-state index is 11.8. The molecule has 0 radical (unpaired) electrons. The van der Waals surface area contributed by atoms with E-state index in [1.807, 2.05) is 6.92 Å². The number of amides is 1. The lowest BCUT2D eigenvalue weighted by atomic mass is 9.87. The topological polar surface area (TPSA) is 52.9 Å². The van der Waals surface area contributed by atoms with Crippen LogP contribution in [-0.2, 0) is 4.79 Å². The average molecular weight is 206 g/mol. The molecule has 0 aromatic carbocycles. The number of nitriles is 1. The summed E-state index contributed by atoms with van der Waals surface area (Å²) in [5.41, 5.74) is -0.874. The van der Waals surface area contributed by atoms with E-state index in [0.29, 0.717) is 6.42 Å². The predicted octanol–water partition coefficient (Wildman–Crippen LogP) is 2.15. The van der Waals surface area contributed by atoms with Gasteiger partial charge in [-0.15, -0.1) is 0 Å². The van der Waals surface area contributed by atoms with Gasteiger partial charge in [0, 0.05) is 6.04 Å². The molecule has 0 fully saturated rings. The monoisotopic (exact) mass is 206 g/mol. The lowest BCUT2D eigenvalue weighted by Gasteiger charge is -2.25. The van der Waals surface area contributed by atoms with Crippen LogP contribution in [0.15, 0.2) is 12.2 Å². The molecule has 1 aliphatic rings. The Bertz CT molecular complexity index is 303. The smallest absolute Gasteiger partial charge is 0.240 e. The van der Waals surface area contributed by atoms with E-state index in [4.69, 9.17) is 5.26 Å². The summed E-state index contributed by atoms with van der Waals surface area (Å²) in [5.74, 6) is -0.132. The summed E-state index contributed by atoms with van der Waals surface area (Å²) in [5, 5.41) is 11.9. The highest BCUT2D eigenvalue weighted by Crippen LogP contribution is 2.21. The summed E-state index contributed by atoms with van der Waals surface area (Å²) >= 11 is 0. The minimum Gasteiger partial charge on any atom is -0.352 e. The Balaban J connectivity index is 2.55. The Morgan fingerprint density at radius 3 is 2.87 bits per heavy atom. The van der Waals surface area contributed by atoms with Crippen LogP contribution in [0.1, 0.15) is 39.5 Å². The molecule has 0 aromatic heterocycles. The van der Waals surface area contributed by atoms with Gasteiger partial charge in [-0.2, -0.15) is 5.26 Å². The fourth-order valence-electron chi connectivity index (χ4n) is 1.56. The van der Waals surface area contributed by atoms with Crippen LogP contribution in [-0.4, -0.2) is 11.9 Å². The summed E-state index contributed by atoms with van der Waals surface area (Å²) in [7, 11) is 0. The van der Waals surface area contributed by atoms with Crippen molar-refractivity contribution in [1.82, 2.24) is 5.32 Å². The maximum absolute atomic E-state index is 11.8. The highest BCUT2D eigenvalue weighted by atomic mass is 16.2. The van der Waals surface area contributed by atoms with Gasteiger partial charge in [0.15, 0.2) is 0 Å². The van der Waals surface area contributed by atoms with Crippen molar-refractivity contribution < 1.29 is 4.79 Å². The number of rotatable bonds is 3. The molecule has 2 unspecified atom stereocenters. The minimum atomic E-state index is -0.874. The van der Waals surface area contributed by atoms with Crippen LogP contribution < -0.4 is 5.32 Å². The Morgan fingerprint density at radius 1 is 1.67 bits per heavy atom. The molecule has 2 atom stereocenters. The van der Waals surface area contributed by atoms with Gasteiger partial charge in [-0.1, -0.05) is 19.1 Å². The fraction of sp³-hybridized carbons (Fsp3) is 0.667. The molecule has 3 nitrogen and oxygen atoms in total. The van der Waals surface area contributed by atoms with Crippen molar-refractivity contribution in [2.45, 2.75) is 45.6 Å². The van der Waals surface area contributed by atoms with Crippen molar-refractivity contribution in [2.75, 3.05) is 0 Å². The van der Waals surface area contributed by atoms with E-state index < -0.39 is 5.41 Å². The first-order valence-electron chi connectivity index (χ1n) is 5.49. The molecule has 3 heteroatoms. The van der Waals surface area contributed by atoms with E-state index in [-0.39, 0.29) is 11.9 Å². The van der Waals surface area contributed by atoms with Crippen molar-refractivity contribution >= 4 is 5.91 Å². The Kier molecular flexibility index (Phi) is 3.90. The number of hydrogen-bond donors (Lipinski definition) is 1. The van der Waals surface area contributed by atoms with E-state index >= 15 is 0 Å². The van der Waals surface area contributed by atoms with Gasteiger partial charge in [-0.3, -0.25) is 4.79 Å². The molecule has 1 amide bonds. The van der Waals surface area contributed by atoms with Gasteiger partial charge in [-0.25, -0.2) is 0 Å². The van der Waals surface area contributed by atoms with Gasteiger partial charge in [-0.05, 0) is 32.6 Å². The van der Waals surface area contributed by atoms with Crippen LogP contribution in [0.4, 0.5) is 0 Å². The minimum absolute atomic E-state index is 0.132. The van der Waals surface area contributed by atoms with Gasteiger partial charge in [0.1, 0.15) is 5.41 Å². The number of allylic oxidation sites excluding steroid dienone is 1. The summed E-state index contributed by atoms with van der Waals surface area (Å²) in [6, 6.07) is 2.30. The van der Waals surface area contributed by atoms with E-state index in [9.17, 15) is 4.79 Å².